The van der Waals surface area contributed by atoms with Crippen molar-refractivity contribution in [1.82, 2.24) is 4.72 Å². The highest BCUT2D eigenvalue weighted by molar-refractivity contribution is 7.89. The Morgan fingerprint density at radius 2 is 1.84 bits per heavy atom. The summed E-state index contributed by atoms with van der Waals surface area (Å²) >= 11 is 0. The number of fused-ring (bicyclic) bond motifs is 1. The summed E-state index contributed by atoms with van der Waals surface area (Å²) in [5, 5.41) is 0. The van der Waals surface area contributed by atoms with E-state index in [-0.39, 0.29) is 18.2 Å². The van der Waals surface area contributed by atoms with Crippen LogP contribution in [0.1, 0.15) is 23.6 Å². The molecule has 0 spiro atoms. The van der Waals surface area contributed by atoms with Gasteiger partial charge in [0.25, 0.3) is 0 Å². The lowest BCUT2D eigenvalue weighted by Gasteiger charge is -2.14. The van der Waals surface area contributed by atoms with Crippen molar-refractivity contribution in [2.24, 2.45) is 0 Å². The Morgan fingerprint density at radius 1 is 1.08 bits per heavy atom. The van der Waals surface area contributed by atoms with Gasteiger partial charge in [0.1, 0.15) is 5.75 Å². The van der Waals surface area contributed by atoms with Crippen molar-refractivity contribution in [3.8, 4) is 17.2 Å². The molecule has 0 saturated heterocycles. The van der Waals surface area contributed by atoms with Crippen LogP contribution in [0.4, 0.5) is 0 Å². The van der Waals surface area contributed by atoms with Crippen molar-refractivity contribution in [1.29, 1.82) is 0 Å². The Morgan fingerprint density at radius 3 is 2.60 bits per heavy atom. The van der Waals surface area contributed by atoms with Crippen LogP contribution >= 0.6 is 0 Å². The highest BCUT2D eigenvalue weighted by atomic mass is 32.2. The van der Waals surface area contributed by atoms with Crippen LogP contribution in [0.2, 0.25) is 0 Å². The van der Waals surface area contributed by atoms with Gasteiger partial charge in [-0.25, -0.2) is 13.1 Å². The number of ether oxygens (including phenoxy) is 3. The number of hydrogen-bond donors (Lipinski definition) is 1. The van der Waals surface area contributed by atoms with Crippen molar-refractivity contribution in [2.45, 2.75) is 32.2 Å². The maximum absolute atomic E-state index is 12.7. The highest BCUT2D eigenvalue weighted by Gasteiger charge is 2.20. The number of hydrogen-bond acceptors (Lipinski definition) is 5. The molecule has 0 atom stereocenters. The SMILES string of the molecule is CCOc1ccc(S(=O)(=O)NCc2ccc3c(c2)OCO3)c(C)c1C. The van der Waals surface area contributed by atoms with Gasteiger partial charge in [0, 0.05) is 6.54 Å². The van der Waals surface area contributed by atoms with Gasteiger partial charge < -0.3 is 14.2 Å². The average molecular weight is 363 g/mol. The van der Waals surface area contributed by atoms with Gasteiger partial charge in [0.15, 0.2) is 11.5 Å². The Hall–Kier alpha value is -2.25. The zero-order chi connectivity index (χ0) is 18.0. The molecular weight excluding hydrogens is 342 g/mol. The second-order valence-electron chi connectivity index (χ2n) is 5.76. The van der Waals surface area contributed by atoms with Crippen molar-refractivity contribution >= 4 is 10.0 Å². The van der Waals surface area contributed by atoms with Gasteiger partial charge in [0.05, 0.1) is 11.5 Å². The molecule has 0 aromatic heterocycles. The lowest BCUT2D eigenvalue weighted by molar-refractivity contribution is 0.174. The van der Waals surface area contributed by atoms with E-state index in [1.165, 1.54) is 0 Å². The third kappa shape index (κ3) is 3.57. The van der Waals surface area contributed by atoms with E-state index in [2.05, 4.69) is 4.72 Å². The summed E-state index contributed by atoms with van der Waals surface area (Å²) in [6.45, 7) is 6.44. The van der Waals surface area contributed by atoms with Gasteiger partial charge in [-0.05, 0) is 61.7 Å². The van der Waals surface area contributed by atoms with Crippen LogP contribution < -0.4 is 18.9 Å². The minimum Gasteiger partial charge on any atom is -0.494 e. The van der Waals surface area contributed by atoms with Crippen LogP contribution in [0.15, 0.2) is 35.2 Å². The lowest BCUT2D eigenvalue weighted by Crippen LogP contribution is -2.24. The largest absolute Gasteiger partial charge is 0.494 e. The molecule has 1 heterocycles. The second-order valence-corrected chi connectivity index (χ2v) is 7.49. The minimum atomic E-state index is -3.64. The predicted octanol–water partition coefficient (Wildman–Crippen LogP) is 2.91. The van der Waals surface area contributed by atoms with Gasteiger partial charge >= 0.3 is 0 Å². The summed E-state index contributed by atoms with van der Waals surface area (Å²) in [7, 11) is -3.64. The fourth-order valence-corrected chi connectivity index (χ4v) is 4.00. The molecule has 1 N–H and O–H groups in total. The quantitative estimate of drug-likeness (QED) is 0.854. The molecule has 0 saturated carbocycles. The molecule has 7 heteroatoms. The monoisotopic (exact) mass is 363 g/mol. The fraction of sp³-hybridized carbons (Fsp3) is 0.333. The molecule has 25 heavy (non-hydrogen) atoms. The van der Waals surface area contributed by atoms with Gasteiger partial charge in [-0.2, -0.15) is 0 Å². The molecule has 3 rings (SSSR count). The van der Waals surface area contributed by atoms with E-state index < -0.39 is 10.0 Å². The summed E-state index contributed by atoms with van der Waals surface area (Å²) in [6, 6.07) is 8.64. The number of benzene rings is 2. The number of sulfonamides is 1. The predicted molar refractivity (Wildman–Crippen MR) is 93.7 cm³/mol. The summed E-state index contributed by atoms with van der Waals surface area (Å²) < 4.78 is 44.1. The van der Waals surface area contributed by atoms with Crippen molar-refractivity contribution in [3.63, 3.8) is 0 Å². The standard InChI is InChI=1S/C18H21NO5S/c1-4-22-15-7-8-18(13(3)12(15)2)25(20,21)19-10-14-5-6-16-17(9-14)24-11-23-16/h5-9,19H,4,10-11H2,1-3H3. The summed E-state index contributed by atoms with van der Waals surface area (Å²) in [6.07, 6.45) is 0. The Kier molecular flexibility index (Phi) is 4.87. The molecule has 0 bridgehead atoms. The Bertz CT molecular complexity index is 893. The van der Waals surface area contributed by atoms with Crippen LogP contribution in [0.5, 0.6) is 17.2 Å². The molecule has 1 aliphatic rings. The molecular formula is C18H21NO5S. The normalized spacial score (nSPS) is 13.1. The molecule has 0 aliphatic carbocycles. The van der Waals surface area contributed by atoms with Crippen molar-refractivity contribution in [3.05, 3.63) is 47.0 Å². The van der Waals surface area contributed by atoms with Gasteiger partial charge in [-0.3, -0.25) is 0 Å². The molecule has 0 radical (unpaired) electrons. The van der Waals surface area contributed by atoms with E-state index in [9.17, 15) is 8.42 Å². The highest BCUT2D eigenvalue weighted by Crippen LogP contribution is 2.32. The van der Waals surface area contributed by atoms with E-state index in [1.54, 1.807) is 31.2 Å². The molecule has 0 fully saturated rings. The first kappa shape index (κ1) is 17.6. The third-order valence-electron chi connectivity index (χ3n) is 4.18. The second kappa shape index (κ2) is 6.93. The van der Waals surface area contributed by atoms with E-state index in [4.69, 9.17) is 14.2 Å². The topological polar surface area (TPSA) is 73.9 Å². The zero-order valence-electron chi connectivity index (χ0n) is 14.5. The summed E-state index contributed by atoms with van der Waals surface area (Å²) in [5.74, 6) is 2.00. The van der Waals surface area contributed by atoms with E-state index >= 15 is 0 Å². The Balaban J connectivity index is 1.79. The van der Waals surface area contributed by atoms with Crippen LogP contribution in [-0.4, -0.2) is 21.8 Å². The molecule has 134 valence electrons. The van der Waals surface area contributed by atoms with E-state index in [0.717, 1.165) is 11.1 Å². The van der Waals surface area contributed by atoms with Crippen LogP contribution in [0.25, 0.3) is 0 Å². The van der Waals surface area contributed by atoms with Crippen LogP contribution in [0.3, 0.4) is 0 Å². The maximum Gasteiger partial charge on any atom is 0.241 e. The molecule has 1 aliphatic heterocycles. The molecule has 0 unspecified atom stereocenters. The van der Waals surface area contributed by atoms with Crippen LogP contribution in [0, 0.1) is 13.8 Å². The van der Waals surface area contributed by atoms with Crippen molar-refractivity contribution in [2.75, 3.05) is 13.4 Å². The average Bonchev–Trinajstić information content (AvgIpc) is 3.05. The molecule has 2 aromatic rings. The van der Waals surface area contributed by atoms with Gasteiger partial charge in [-0.1, -0.05) is 6.07 Å². The fourth-order valence-electron chi connectivity index (χ4n) is 2.68. The lowest BCUT2D eigenvalue weighted by atomic mass is 10.1. The van der Waals surface area contributed by atoms with Crippen LogP contribution in [-0.2, 0) is 16.6 Å². The first-order valence-electron chi connectivity index (χ1n) is 8.03. The van der Waals surface area contributed by atoms with E-state index in [1.807, 2.05) is 19.9 Å². The maximum atomic E-state index is 12.7. The van der Waals surface area contributed by atoms with Gasteiger partial charge in [0.2, 0.25) is 16.8 Å². The molecule has 0 amide bonds. The van der Waals surface area contributed by atoms with Gasteiger partial charge in [-0.15, -0.1) is 0 Å². The van der Waals surface area contributed by atoms with E-state index in [0.29, 0.717) is 29.4 Å². The molecule has 6 nitrogen and oxygen atoms in total. The number of nitrogens with one attached hydrogen (secondary N) is 1. The summed E-state index contributed by atoms with van der Waals surface area (Å²) in [5.41, 5.74) is 2.31. The molecule has 2 aromatic carbocycles. The smallest absolute Gasteiger partial charge is 0.241 e. The zero-order valence-corrected chi connectivity index (χ0v) is 15.3. The minimum absolute atomic E-state index is 0.171. The summed E-state index contributed by atoms with van der Waals surface area (Å²) in [4.78, 5) is 0.259. The third-order valence-corrected chi connectivity index (χ3v) is 5.73. The first-order chi connectivity index (χ1) is 11.9. The Labute approximate surface area is 147 Å². The number of rotatable bonds is 6. The van der Waals surface area contributed by atoms with Crippen molar-refractivity contribution < 1.29 is 22.6 Å². The first-order valence-corrected chi connectivity index (χ1v) is 9.52.